The SMILES string of the molecule is C=CCn1c(S[C@@H](C)C#N)nnc1-c1cccnc1. The van der Waals surface area contributed by atoms with E-state index in [2.05, 4.69) is 27.8 Å². The van der Waals surface area contributed by atoms with Gasteiger partial charge in [-0.2, -0.15) is 5.26 Å². The Morgan fingerprint density at radius 2 is 2.42 bits per heavy atom. The number of allylic oxidation sites excluding steroid dienone is 1. The molecular formula is C13H13N5S. The number of thioether (sulfide) groups is 1. The van der Waals surface area contributed by atoms with Crippen molar-refractivity contribution < 1.29 is 0 Å². The summed E-state index contributed by atoms with van der Waals surface area (Å²) in [6, 6.07) is 5.96. The van der Waals surface area contributed by atoms with E-state index in [0.29, 0.717) is 11.7 Å². The average molecular weight is 271 g/mol. The zero-order valence-corrected chi connectivity index (χ0v) is 11.3. The van der Waals surface area contributed by atoms with E-state index in [-0.39, 0.29) is 5.25 Å². The topological polar surface area (TPSA) is 67.4 Å². The minimum Gasteiger partial charge on any atom is -0.298 e. The smallest absolute Gasteiger partial charge is 0.193 e. The molecule has 0 aromatic carbocycles. The average Bonchev–Trinajstić information content (AvgIpc) is 2.83. The van der Waals surface area contributed by atoms with Gasteiger partial charge in [-0.05, 0) is 19.1 Å². The van der Waals surface area contributed by atoms with Crippen LogP contribution < -0.4 is 0 Å². The van der Waals surface area contributed by atoms with Crippen molar-refractivity contribution in [3.05, 3.63) is 37.2 Å². The molecule has 2 rings (SSSR count). The van der Waals surface area contributed by atoms with Crippen molar-refractivity contribution in [2.75, 3.05) is 0 Å². The van der Waals surface area contributed by atoms with Crippen LogP contribution in [0.2, 0.25) is 0 Å². The summed E-state index contributed by atoms with van der Waals surface area (Å²) in [4.78, 5) is 4.08. The molecule has 0 radical (unpaired) electrons. The molecule has 0 saturated carbocycles. The molecule has 0 aliphatic carbocycles. The first-order valence-electron chi connectivity index (χ1n) is 5.77. The molecule has 2 aromatic heterocycles. The minimum absolute atomic E-state index is 0.172. The second-order valence-electron chi connectivity index (χ2n) is 3.84. The highest BCUT2D eigenvalue weighted by molar-refractivity contribution is 8.00. The second kappa shape index (κ2) is 6.16. The fourth-order valence-corrected chi connectivity index (χ4v) is 2.31. The van der Waals surface area contributed by atoms with Gasteiger partial charge in [0.25, 0.3) is 0 Å². The summed E-state index contributed by atoms with van der Waals surface area (Å²) in [5.74, 6) is 0.737. The van der Waals surface area contributed by atoms with E-state index >= 15 is 0 Å². The molecular weight excluding hydrogens is 258 g/mol. The zero-order chi connectivity index (χ0) is 13.7. The van der Waals surface area contributed by atoms with Crippen molar-refractivity contribution in [2.24, 2.45) is 0 Å². The maximum atomic E-state index is 8.88. The Hall–Kier alpha value is -2.13. The van der Waals surface area contributed by atoms with Gasteiger partial charge in [0.2, 0.25) is 0 Å². The number of pyridine rings is 1. The van der Waals surface area contributed by atoms with Crippen molar-refractivity contribution in [1.29, 1.82) is 5.26 Å². The molecule has 0 N–H and O–H groups in total. The van der Waals surface area contributed by atoms with Crippen molar-refractivity contribution in [3.8, 4) is 17.5 Å². The van der Waals surface area contributed by atoms with Gasteiger partial charge in [0.05, 0.1) is 11.3 Å². The fraction of sp³-hybridized carbons (Fsp3) is 0.231. The summed E-state index contributed by atoms with van der Waals surface area (Å²) in [6.45, 7) is 6.17. The largest absolute Gasteiger partial charge is 0.298 e. The molecule has 2 heterocycles. The predicted molar refractivity (Wildman–Crippen MR) is 74.4 cm³/mol. The first-order chi connectivity index (χ1) is 9.26. The summed E-state index contributed by atoms with van der Waals surface area (Å²) >= 11 is 1.39. The number of hydrogen-bond donors (Lipinski definition) is 0. The van der Waals surface area contributed by atoms with Crippen molar-refractivity contribution in [1.82, 2.24) is 19.7 Å². The monoisotopic (exact) mass is 271 g/mol. The predicted octanol–water partition coefficient (Wildman–Crippen LogP) is 2.53. The van der Waals surface area contributed by atoms with Crippen LogP contribution in [0.25, 0.3) is 11.4 Å². The van der Waals surface area contributed by atoms with Crippen molar-refractivity contribution >= 4 is 11.8 Å². The van der Waals surface area contributed by atoms with Crippen LogP contribution in [0.1, 0.15) is 6.92 Å². The highest BCUT2D eigenvalue weighted by Gasteiger charge is 2.15. The van der Waals surface area contributed by atoms with Gasteiger partial charge in [0.1, 0.15) is 0 Å². The normalized spacial score (nSPS) is 11.8. The standard InChI is InChI=1S/C13H13N5S/c1-3-7-18-12(11-5-4-6-15-9-11)16-17-13(18)19-10(2)8-14/h3-6,9-10H,1,7H2,2H3/t10-/m0/s1. The Balaban J connectivity index is 2.40. The van der Waals surface area contributed by atoms with E-state index in [9.17, 15) is 0 Å². The van der Waals surface area contributed by atoms with Crippen LogP contribution in [0.3, 0.4) is 0 Å². The molecule has 5 nitrogen and oxygen atoms in total. The van der Waals surface area contributed by atoms with Gasteiger partial charge in [-0.25, -0.2) is 0 Å². The molecule has 0 amide bonds. The van der Waals surface area contributed by atoms with E-state index in [1.807, 2.05) is 23.6 Å². The zero-order valence-electron chi connectivity index (χ0n) is 10.5. The lowest BCUT2D eigenvalue weighted by atomic mass is 10.3. The number of hydrogen-bond acceptors (Lipinski definition) is 5. The lowest BCUT2D eigenvalue weighted by Crippen LogP contribution is -2.02. The van der Waals surface area contributed by atoms with Crippen LogP contribution in [0.15, 0.2) is 42.3 Å². The summed E-state index contributed by atoms with van der Waals surface area (Å²) < 4.78 is 1.93. The molecule has 0 spiro atoms. The third-order valence-corrected chi connectivity index (χ3v) is 3.38. The van der Waals surface area contributed by atoms with Gasteiger partial charge in [-0.15, -0.1) is 16.8 Å². The Labute approximate surface area is 116 Å². The quantitative estimate of drug-likeness (QED) is 0.617. The van der Waals surface area contributed by atoms with Crippen LogP contribution in [0.5, 0.6) is 0 Å². The minimum atomic E-state index is -0.172. The number of rotatable bonds is 5. The molecule has 0 aliphatic rings. The van der Waals surface area contributed by atoms with E-state index in [1.54, 1.807) is 18.5 Å². The van der Waals surface area contributed by atoms with Crippen LogP contribution >= 0.6 is 11.8 Å². The molecule has 6 heteroatoms. The van der Waals surface area contributed by atoms with Crippen LogP contribution in [0, 0.1) is 11.3 Å². The molecule has 0 fully saturated rings. The summed E-state index contributed by atoms with van der Waals surface area (Å²) in [6.07, 6.45) is 5.24. The molecule has 0 aliphatic heterocycles. The molecule has 0 bridgehead atoms. The van der Waals surface area contributed by atoms with Crippen LogP contribution in [-0.2, 0) is 6.54 Å². The molecule has 19 heavy (non-hydrogen) atoms. The van der Waals surface area contributed by atoms with Crippen molar-refractivity contribution in [2.45, 2.75) is 23.9 Å². The first kappa shape index (κ1) is 13.3. The maximum Gasteiger partial charge on any atom is 0.193 e. The van der Waals surface area contributed by atoms with Gasteiger partial charge in [0.15, 0.2) is 11.0 Å². The highest BCUT2D eigenvalue weighted by Crippen LogP contribution is 2.26. The second-order valence-corrected chi connectivity index (χ2v) is 5.14. The summed E-state index contributed by atoms with van der Waals surface area (Å²) in [5, 5.41) is 17.8. The lowest BCUT2D eigenvalue weighted by Gasteiger charge is -2.07. The molecule has 0 saturated heterocycles. The van der Waals surface area contributed by atoms with Gasteiger partial charge < -0.3 is 0 Å². The van der Waals surface area contributed by atoms with E-state index in [0.717, 1.165) is 11.4 Å². The molecule has 96 valence electrons. The van der Waals surface area contributed by atoms with Crippen LogP contribution in [-0.4, -0.2) is 25.0 Å². The lowest BCUT2D eigenvalue weighted by molar-refractivity contribution is 0.730. The Morgan fingerprint density at radius 3 is 3.05 bits per heavy atom. The third kappa shape index (κ3) is 3.01. The Bertz CT molecular complexity index is 599. The Kier molecular flexibility index (Phi) is 4.31. The van der Waals surface area contributed by atoms with E-state index < -0.39 is 0 Å². The van der Waals surface area contributed by atoms with E-state index in [1.165, 1.54) is 11.8 Å². The molecule has 0 unspecified atom stereocenters. The van der Waals surface area contributed by atoms with Crippen LogP contribution in [0.4, 0.5) is 0 Å². The number of aromatic nitrogens is 4. The fourth-order valence-electron chi connectivity index (χ4n) is 1.56. The van der Waals surface area contributed by atoms with Gasteiger partial charge >= 0.3 is 0 Å². The van der Waals surface area contributed by atoms with Gasteiger partial charge in [0, 0.05) is 24.5 Å². The number of nitrogens with zero attached hydrogens (tertiary/aromatic N) is 5. The van der Waals surface area contributed by atoms with E-state index in [4.69, 9.17) is 5.26 Å². The first-order valence-corrected chi connectivity index (χ1v) is 6.65. The summed E-state index contributed by atoms with van der Waals surface area (Å²) in [5.41, 5.74) is 0.897. The van der Waals surface area contributed by atoms with Crippen molar-refractivity contribution in [3.63, 3.8) is 0 Å². The van der Waals surface area contributed by atoms with Gasteiger partial charge in [-0.3, -0.25) is 9.55 Å². The maximum absolute atomic E-state index is 8.88. The third-order valence-electron chi connectivity index (χ3n) is 2.41. The Morgan fingerprint density at radius 1 is 1.58 bits per heavy atom. The summed E-state index contributed by atoms with van der Waals surface area (Å²) in [7, 11) is 0. The number of nitriles is 1. The molecule has 2 aromatic rings. The highest BCUT2D eigenvalue weighted by atomic mass is 32.2. The molecule has 1 atom stereocenters. The van der Waals surface area contributed by atoms with Gasteiger partial charge in [-0.1, -0.05) is 17.8 Å².